The molecule has 3 aromatic heterocycles. The third kappa shape index (κ3) is 3.83. The largest absolute Gasteiger partial charge is 0.433 e. The molecule has 0 amide bonds. The van der Waals surface area contributed by atoms with Crippen molar-refractivity contribution in [3.05, 3.63) is 70.6 Å². The third-order valence-corrected chi connectivity index (χ3v) is 3.95. The molecule has 25 heavy (non-hydrogen) atoms. The van der Waals surface area contributed by atoms with Crippen LogP contribution in [-0.2, 0) is 6.54 Å². The summed E-state index contributed by atoms with van der Waals surface area (Å²) in [5.41, 5.74) is 0.904. The number of nitrogens with zero attached hydrogens (tertiary/aromatic N) is 5. The van der Waals surface area contributed by atoms with Gasteiger partial charge in [-0.25, -0.2) is 0 Å². The van der Waals surface area contributed by atoms with Crippen molar-refractivity contribution >= 4 is 23.7 Å². The van der Waals surface area contributed by atoms with Crippen LogP contribution in [0.1, 0.15) is 5.76 Å². The molecule has 0 unspecified atom stereocenters. The zero-order valence-corrected chi connectivity index (χ0v) is 13.8. The van der Waals surface area contributed by atoms with E-state index in [1.54, 1.807) is 30.0 Å². The van der Waals surface area contributed by atoms with Crippen molar-refractivity contribution in [2.75, 3.05) is 0 Å². The van der Waals surface area contributed by atoms with Gasteiger partial charge in [-0.1, -0.05) is 17.8 Å². The molecule has 0 aromatic carbocycles. The van der Waals surface area contributed by atoms with Gasteiger partial charge >= 0.3 is 5.88 Å². The molecule has 0 aliphatic heterocycles. The fourth-order valence-corrected chi connectivity index (χ4v) is 2.78. The second-order valence-electron chi connectivity index (χ2n) is 4.80. The third-order valence-electron chi connectivity index (χ3n) is 3.17. The van der Waals surface area contributed by atoms with Crippen LogP contribution in [0.25, 0.3) is 17.5 Å². The van der Waals surface area contributed by atoms with Crippen molar-refractivity contribution in [1.29, 1.82) is 0 Å². The molecule has 0 atom stereocenters. The highest BCUT2D eigenvalue weighted by Gasteiger charge is 2.13. The quantitative estimate of drug-likeness (QED) is 0.275. The maximum Gasteiger partial charge on any atom is 0.433 e. The summed E-state index contributed by atoms with van der Waals surface area (Å²) in [4.78, 5) is 14.0. The Morgan fingerprint density at radius 3 is 2.76 bits per heavy atom. The van der Waals surface area contributed by atoms with Gasteiger partial charge in [0, 0.05) is 24.5 Å². The summed E-state index contributed by atoms with van der Waals surface area (Å²) in [6.07, 6.45) is 6.78. The predicted molar refractivity (Wildman–Crippen MR) is 93.7 cm³/mol. The molecule has 126 valence electrons. The van der Waals surface area contributed by atoms with Crippen molar-refractivity contribution in [3.63, 3.8) is 0 Å². The molecule has 0 radical (unpaired) electrons. The lowest BCUT2D eigenvalue weighted by molar-refractivity contribution is -0.402. The van der Waals surface area contributed by atoms with Crippen molar-refractivity contribution in [1.82, 2.24) is 19.7 Å². The number of furan rings is 1. The van der Waals surface area contributed by atoms with Crippen LogP contribution >= 0.6 is 11.8 Å². The maximum absolute atomic E-state index is 10.6. The first kappa shape index (κ1) is 16.7. The van der Waals surface area contributed by atoms with E-state index in [1.807, 2.05) is 16.7 Å². The Bertz CT molecular complexity index is 917. The molecule has 8 nitrogen and oxygen atoms in total. The first-order chi connectivity index (χ1) is 12.2. The number of hydrogen-bond donors (Lipinski definition) is 0. The fraction of sp³-hybridized carbons (Fsp3) is 0.0625. The maximum atomic E-state index is 10.6. The lowest BCUT2D eigenvalue weighted by atomic mass is 10.2. The molecule has 0 saturated carbocycles. The minimum absolute atomic E-state index is 0.292. The van der Waals surface area contributed by atoms with Crippen LogP contribution in [0.2, 0.25) is 0 Å². The number of nitro groups is 1. The van der Waals surface area contributed by atoms with Gasteiger partial charge in [-0.2, -0.15) is 0 Å². The second kappa shape index (κ2) is 7.58. The van der Waals surface area contributed by atoms with Crippen LogP contribution < -0.4 is 0 Å². The van der Waals surface area contributed by atoms with Crippen molar-refractivity contribution < 1.29 is 9.34 Å². The zero-order chi connectivity index (χ0) is 17.6. The Balaban J connectivity index is 1.80. The molecule has 0 fully saturated rings. The van der Waals surface area contributed by atoms with Crippen molar-refractivity contribution in [2.24, 2.45) is 0 Å². The number of hydrogen-bond acceptors (Lipinski definition) is 7. The Kier molecular flexibility index (Phi) is 5.05. The number of aromatic nitrogens is 4. The van der Waals surface area contributed by atoms with E-state index >= 15 is 0 Å². The second-order valence-corrected chi connectivity index (χ2v) is 5.67. The summed E-state index contributed by atoms with van der Waals surface area (Å²) in [5.74, 6) is 0.814. The highest BCUT2D eigenvalue weighted by molar-refractivity contribution is 8.02. The normalized spacial score (nSPS) is 11.0. The number of rotatable bonds is 7. The van der Waals surface area contributed by atoms with Gasteiger partial charge in [0.2, 0.25) is 0 Å². The Hall–Kier alpha value is -3.20. The van der Waals surface area contributed by atoms with E-state index in [4.69, 9.17) is 4.42 Å². The van der Waals surface area contributed by atoms with Crippen molar-refractivity contribution in [3.8, 4) is 11.4 Å². The van der Waals surface area contributed by atoms with Crippen molar-refractivity contribution in [2.45, 2.75) is 11.7 Å². The van der Waals surface area contributed by atoms with E-state index in [0.29, 0.717) is 23.3 Å². The molecular weight excluding hydrogens is 342 g/mol. The minimum Gasteiger partial charge on any atom is -0.401 e. The Morgan fingerprint density at radius 1 is 1.28 bits per heavy atom. The molecule has 9 heteroatoms. The van der Waals surface area contributed by atoms with E-state index in [0.717, 1.165) is 5.56 Å². The van der Waals surface area contributed by atoms with Gasteiger partial charge in [-0.15, -0.1) is 16.8 Å². The molecule has 0 aliphatic carbocycles. The highest BCUT2D eigenvalue weighted by atomic mass is 32.2. The Morgan fingerprint density at radius 2 is 2.08 bits per heavy atom. The smallest absolute Gasteiger partial charge is 0.401 e. The highest BCUT2D eigenvalue weighted by Crippen LogP contribution is 2.25. The number of pyridine rings is 1. The van der Waals surface area contributed by atoms with Gasteiger partial charge in [0.05, 0.1) is 6.07 Å². The van der Waals surface area contributed by atoms with Gasteiger partial charge in [-0.05, 0) is 29.7 Å². The van der Waals surface area contributed by atoms with E-state index in [-0.39, 0.29) is 5.88 Å². The fourth-order valence-electron chi connectivity index (χ4n) is 2.08. The summed E-state index contributed by atoms with van der Waals surface area (Å²) < 4.78 is 6.99. The van der Waals surface area contributed by atoms with Gasteiger partial charge < -0.3 is 4.42 Å². The molecule has 0 saturated heterocycles. The summed E-state index contributed by atoms with van der Waals surface area (Å²) in [6.45, 7) is 4.31. The monoisotopic (exact) mass is 355 g/mol. The molecule has 3 heterocycles. The topological polar surface area (TPSA) is 99.9 Å². The van der Waals surface area contributed by atoms with E-state index in [2.05, 4.69) is 21.8 Å². The molecule has 0 spiro atoms. The minimum atomic E-state index is -0.577. The van der Waals surface area contributed by atoms with E-state index in [9.17, 15) is 10.1 Å². The van der Waals surface area contributed by atoms with Crippen LogP contribution in [0.5, 0.6) is 0 Å². The summed E-state index contributed by atoms with van der Waals surface area (Å²) in [7, 11) is 0. The molecule has 3 rings (SSSR count). The summed E-state index contributed by atoms with van der Waals surface area (Å²) >= 11 is 1.33. The predicted octanol–water partition coefficient (Wildman–Crippen LogP) is 3.79. The summed E-state index contributed by atoms with van der Waals surface area (Å²) in [6, 6.07) is 6.56. The van der Waals surface area contributed by atoms with E-state index in [1.165, 1.54) is 23.9 Å². The average molecular weight is 355 g/mol. The first-order valence-electron chi connectivity index (χ1n) is 7.21. The van der Waals surface area contributed by atoms with Gasteiger partial charge in [0.25, 0.3) is 0 Å². The van der Waals surface area contributed by atoms with Gasteiger partial charge in [0.15, 0.2) is 11.0 Å². The molecule has 0 N–H and O–H groups in total. The number of thioether (sulfide) groups is 1. The number of allylic oxidation sites excluding steroid dienone is 1. The zero-order valence-electron chi connectivity index (χ0n) is 13.0. The molecule has 0 bridgehead atoms. The van der Waals surface area contributed by atoms with Crippen LogP contribution in [-0.4, -0.2) is 24.7 Å². The first-order valence-corrected chi connectivity index (χ1v) is 8.09. The van der Waals surface area contributed by atoms with E-state index < -0.39 is 4.92 Å². The standard InChI is InChI=1S/C16H13N5O3S/c1-2-10-20-15(12-5-8-17-9-6-12)18-19-16(20)25-11-7-13-3-4-14(24-13)21(22)23/h2-9,11H,1,10H2/b11-7+. The van der Waals surface area contributed by atoms with Gasteiger partial charge in [0.1, 0.15) is 10.7 Å². The van der Waals surface area contributed by atoms with Crippen LogP contribution in [0, 0.1) is 10.1 Å². The molecular formula is C16H13N5O3S. The molecule has 0 aliphatic rings. The van der Waals surface area contributed by atoms with Crippen LogP contribution in [0.3, 0.4) is 0 Å². The summed E-state index contributed by atoms with van der Waals surface area (Å²) in [5, 5.41) is 21.4. The molecule has 3 aromatic rings. The SMILES string of the molecule is C=CCn1c(S/C=C/c2ccc([N+](=O)[O-])o2)nnc1-c1ccncc1. The lowest BCUT2D eigenvalue weighted by Crippen LogP contribution is -2.00. The van der Waals surface area contributed by atoms with Crippen LogP contribution in [0.4, 0.5) is 5.88 Å². The van der Waals surface area contributed by atoms with Crippen LogP contribution in [0.15, 0.2) is 64.3 Å². The Labute approximate surface area is 147 Å². The average Bonchev–Trinajstić information content (AvgIpc) is 3.24. The van der Waals surface area contributed by atoms with Gasteiger partial charge in [-0.3, -0.25) is 19.7 Å². The lowest BCUT2D eigenvalue weighted by Gasteiger charge is -2.05.